The maximum atomic E-state index is 4.20. The Kier molecular flexibility index (Phi) is 3.64. The largest absolute Gasteiger partial charge is 0.297 e. The molecule has 0 fully saturated rings. The van der Waals surface area contributed by atoms with Crippen molar-refractivity contribution in [1.82, 2.24) is 9.89 Å². The third-order valence-corrected chi connectivity index (χ3v) is 1.74. The van der Waals surface area contributed by atoms with Gasteiger partial charge in [0.2, 0.25) is 0 Å². The summed E-state index contributed by atoms with van der Waals surface area (Å²) in [5.74, 6) is 0. The molecule has 0 amide bonds. The fourth-order valence-electron chi connectivity index (χ4n) is 1.26. The van der Waals surface area contributed by atoms with Gasteiger partial charge < -0.3 is 0 Å². The molecular weight excluding hydrogens is 150 g/mol. The topological polar surface area (TPSA) is 21.1 Å². The molecule has 1 heterocycles. The van der Waals surface area contributed by atoms with Crippen LogP contribution >= 0.6 is 0 Å². The predicted octanol–water partition coefficient (Wildman–Crippen LogP) is 1.64. The fraction of sp³-hybridized carbons (Fsp3) is 0.667. The van der Waals surface area contributed by atoms with E-state index in [1.54, 1.807) is 0 Å². The fourth-order valence-corrected chi connectivity index (χ4v) is 1.26. The van der Waals surface area contributed by atoms with Gasteiger partial charge in [-0.15, -0.1) is 0 Å². The van der Waals surface area contributed by atoms with Crippen LogP contribution < -0.4 is 5.01 Å². The van der Waals surface area contributed by atoms with Crippen molar-refractivity contribution in [3.05, 3.63) is 18.5 Å². The summed E-state index contributed by atoms with van der Waals surface area (Å²) < 4.78 is 0. The van der Waals surface area contributed by atoms with E-state index in [2.05, 4.69) is 24.0 Å². The zero-order valence-corrected chi connectivity index (χ0v) is 7.90. The number of rotatable bonds is 5. The molecule has 12 heavy (non-hydrogen) atoms. The van der Waals surface area contributed by atoms with Crippen LogP contribution in [0, 0.1) is 0 Å². The molecule has 1 aromatic rings. The second kappa shape index (κ2) is 4.80. The monoisotopic (exact) mass is 167 g/mol. The van der Waals surface area contributed by atoms with Crippen LogP contribution in [-0.2, 0) is 0 Å². The zero-order valence-electron chi connectivity index (χ0n) is 7.90. The third-order valence-electron chi connectivity index (χ3n) is 1.74. The highest BCUT2D eigenvalue weighted by molar-refractivity contribution is 4.87. The number of hydrogen-bond donors (Lipinski definition) is 0. The lowest BCUT2D eigenvalue weighted by Crippen LogP contribution is -2.36. The van der Waals surface area contributed by atoms with E-state index in [0.717, 1.165) is 13.1 Å². The molecule has 0 aromatic carbocycles. The highest BCUT2D eigenvalue weighted by atomic mass is 15.6. The Morgan fingerprint density at radius 2 is 1.92 bits per heavy atom. The summed E-state index contributed by atoms with van der Waals surface area (Å²) in [5, 5.41) is 6.45. The van der Waals surface area contributed by atoms with Crippen molar-refractivity contribution >= 4 is 0 Å². The minimum Gasteiger partial charge on any atom is -0.297 e. The number of hydrogen-bond acceptors (Lipinski definition) is 2. The molecule has 0 saturated carbocycles. The highest BCUT2D eigenvalue weighted by Gasteiger charge is 2.01. The van der Waals surface area contributed by atoms with Crippen LogP contribution in [0.5, 0.6) is 0 Å². The Morgan fingerprint density at radius 1 is 1.25 bits per heavy atom. The summed E-state index contributed by atoms with van der Waals surface area (Å²) >= 11 is 0. The molecule has 0 aliphatic heterocycles. The zero-order chi connectivity index (χ0) is 8.81. The summed E-state index contributed by atoms with van der Waals surface area (Å²) in [6.07, 6.45) is 6.14. The van der Waals surface area contributed by atoms with Crippen molar-refractivity contribution in [3.8, 4) is 0 Å². The van der Waals surface area contributed by atoms with E-state index in [-0.39, 0.29) is 0 Å². The van der Waals surface area contributed by atoms with Gasteiger partial charge in [0.1, 0.15) is 0 Å². The molecule has 0 spiro atoms. The van der Waals surface area contributed by atoms with Gasteiger partial charge in [0.05, 0.1) is 6.20 Å². The quantitative estimate of drug-likeness (QED) is 0.664. The van der Waals surface area contributed by atoms with Crippen molar-refractivity contribution in [2.24, 2.45) is 0 Å². The molecule has 68 valence electrons. The predicted molar refractivity (Wildman–Crippen MR) is 50.8 cm³/mol. The van der Waals surface area contributed by atoms with Crippen molar-refractivity contribution < 1.29 is 0 Å². The minimum atomic E-state index is 1.08. The van der Waals surface area contributed by atoms with Crippen molar-refractivity contribution in [2.45, 2.75) is 26.7 Å². The highest BCUT2D eigenvalue weighted by Crippen LogP contribution is 1.93. The molecule has 0 saturated heterocycles. The second-order valence-electron chi connectivity index (χ2n) is 2.88. The molecule has 1 aromatic heterocycles. The molecule has 0 atom stereocenters. The lowest BCUT2D eigenvalue weighted by atomic mass is 10.4. The Balaban J connectivity index is 2.53. The summed E-state index contributed by atoms with van der Waals surface area (Å²) in [5.41, 5.74) is 0. The standard InChI is InChI=1S/C9H17N3/c1-3-7-11(8-4-2)12-9-5-6-10-12/h5-6,9H,3-4,7-8H2,1-2H3. The van der Waals surface area contributed by atoms with Crippen LogP contribution in [0.4, 0.5) is 0 Å². The summed E-state index contributed by atoms with van der Waals surface area (Å²) in [6.45, 7) is 6.53. The maximum Gasteiger partial charge on any atom is 0.0510 e. The molecule has 0 unspecified atom stereocenters. The molecule has 0 radical (unpaired) electrons. The van der Waals surface area contributed by atoms with E-state index >= 15 is 0 Å². The van der Waals surface area contributed by atoms with E-state index in [1.165, 1.54) is 12.8 Å². The first kappa shape index (κ1) is 9.10. The van der Waals surface area contributed by atoms with Crippen LogP contribution in [0.2, 0.25) is 0 Å². The molecule has 0 N–H and O–H groups in total. The Labute approximate surface area is 74.0 Å². The first-order valence-electron chi connectivity index (χ1n) is 4.63. The molecule has 3 heteroatoms. The molecule has 0 aliphatic rings. The SMILES string of the molecule is CCCN(CCC)n1cccn1. The van der Waals surface area contributed by atoms with Gasteiger partial charge in [0.25, 0.3) is 0 Å². The van der Waals surface area contributed by atoms with Crippen molar-refractivity contribution in [1.29, 1.82) is 0 Å². The molecule has 0 bridgehead atoms. The van der Waals surface area contributed by atoms with Crippen molar-refractivity contribution in [2.75, 3.05) is 18.1 Å². The number of nitrogens with zero attached hydrogens (tertiary/aromatic N) is 3. The smallest absolute Gasteiger partial charge is 0.0510 e. The van der Waals surface area contributed by atoms with Gasteiger partial charge in [-0.2, -0.15) is 9.89 Å². The van der Waals surface area contributed by atoms with Gasteiger partial charge >= 0.3 is 0 Å². The minimum absolute atomic E-state index is 1.08. The van der Waals surface area contributed by atoms with Crippen LogP contribution in [0.15, 0.2) is 18.5 Å². The van der Waals surface area contributed by atoms with Crippen LogP contribution in [0.1, 0.15) is 26.7 Å². The maximum absolute atomic E-state index is 4.20. The van der Waals surface area contributed by atoms with E-state index < -0.39 is 0 Å². The Bertz CT molecular complexity index is 188. The van der Waals surface area contributed by atoms with Crippen molar-refractivity contribution in [3.63, 3.8) is 0 Å². The summed E-state index contributed by atoms with van der Waals surface area (Å²) in [7, 11) is 0. The van der Waals surface area contributed by atoms with Gasteiger partial charge in [-0.05, 0) is 18.9 Å². The lowest BCUT2D eigenvalue weighted by Gasteiger charge is -2.22. The van der Waals surface area contributed by atoms with Gasteiger partial charge in [-0.1, -0.05) is 13.8 Å². The normalized spacial score (nSPS) is 10.2. The van der Waals surface area contributed by atoms with Crippen LogP contribution in [0.3, 0.4) is 0 Å². The first-order chi connectivity index (χ1) is 5.88. The van der Waals surface area contributed by atoms with Gasteiger partial charge in [-0.25, -0.2) is 0 Å². The first-order valence-corrected chi connectivity index (χ1v) is 4.63. The summed E-state index contributed by atoms with van der Waals surface area (Å²) in [6, 6.07) is 1.96. The Morgan fingerprint density at radius 3 is 2.33 bits per heavy atom. The van der Waals surface area contributed by atoms with Gasteiger partial charge in [0.15, 0.2) is 0 Å². The lowest BCUT2D eigenvalue weighted by molar-refractivity contribution is 0.520. The van der Waals surface area contributed by atoms with Crippen LogP contribution in [-0.4, -0.2) is 23.0 Å². The number of aromatic nitrogens is 2. The van der Waals surface area contributed by atoms with E-state index in [9.17, 15) is 0 Å². The van der Waals surface area contributed by atoms with Gasteiger partial charge in [-0.3, -0.25) is 5.01 Å². The second-order valence-corrected chi connectivity index (χ2v) is 2.88. The third kappa shape index (κ3) is 2.26. The van der Waals surface area contributed by atoms with Gasteiger partial charge in [0, 0.05) is 19.3 Å². The molecule has 1 rings (SSSR count). The van der Waals surface area contributed by atoms with Crippen LogP contribution in [0.25, 0.3) is 0 Å². The molecule has 0 aliphatic carbocycles. The average Bonchev–Trinajstić information content (AvgIpc) is 2.56. The molecular formula is C9H17N3. The Hall–Kier alpha value is -0.990. The summed E-state index contributed by atoms with van der Waals surface area (Å²) in [4.78, 5) is 1.92. The average molecular weight is 167 g/mol. The van der Waals surface area contributed by atoms with E-state index in [4.69, 9.17) is 0 Å². The van der Waals surface area contributed by atoms with E-state index in [0.29, 0.717) is 0 Å². The van der Waals surface area contributed by atoms with E-state index in [1.807, 2.05) is 23.3 Å². The molecule has 3 nitrogen and oxygen atoms in total.